The fourth-order valence-electron chi connectivity index (χ4n) is 2.23. The van der Waals surface area contributed by atoms with Gasteiger partial charge in [0.1, 0.15) is 5.41 Å². The highest BCUT2D eigenvalue weighted by Gasteiger charge is 2.54. The summed E-state index contributed by atoms with van der Waals surface area (Å²) in [6.45, 7) is 0. The van der Waals surface area contributed by atoms with Crippen LogP contribution < -0.4 is 0 Å². The van der Waals surface area contributed by atoms with Gasteiger partial charge in [0.05, 0.1) is 18.5 Å². The Morgan fingerprint density at radius 2 is 2.06 bits per heavy atom. The first-order chi connectivity index (χ1) is 8.76. The van der Waals surface area contributed by atoms with Crippen molar-refractivity contribution in [3.8, 4) is 11.3 Å². The zero-order valence-electron chi connectivity index (χ0n) is 10.1. The van der Waals surface area contributed by atoms with Crippen LogP contribution in [0.5, 0.6) is 0 Å². The molecule has 0 unspecified atom stereocenters. The lowest BCUT2D eigenvalue weighted by Gasteiger charge is -2.08. The van der Waals surface area contributed by atoms with Crippen molar-refractivity contribution in [1.29, 1.82) is 0 Å². The van der Waals surface area contributed by atoms with Crippen molar-refractivity contribution in [1.82, 2.24) is 10.2 Å². The molecular formula is C14H14N2O2. The van der Waals surface area contributed by atoms with Gasteiger partial charge in [0.15, 0.2) is 0 Å². The molecule has 1 fully saturated rings. The summed E-state index contributed by atoms with van der Waals surface area (Å²) >= 11 is 0. The molecule has 0 radical (unpaired) electrons. The van der Waals surface area contributed by atoms with E-state index in [0.717, 1.165) is 29.8 Å². The van der Waals surface area contributed by atoms with Gasteiger partial charge in [-0.2, -0.15) is 5.10 Å². The molecule has 18 heavy (non-hydrogen) atoms. The number of rotatable bonds is 3. The van der Waals surface area contributed by atoms with Gasteiger partial charge in [-0.25, -0.2) is 0 Å². The quantitative estimate of drug-likeness (QED) is 0.840. The van der Waals surface area contributed by atoms with E-state index in [1.165, 1.54) is 7.11 Å². The van der Waals surface area contributed by atoms with Crippen molar-refractivity contribution in [3.63, 3.8) is 0 Å². The first kappa shape index (κ1) is 11.0. The van der Waals surface area contributed by atoms with E-state index < -0.39 is 5.41 Å². The Balaban J connectivity index is 1.94. The number of carbonyl (C=O) groups is 1. The molecule has 1 aliphatic carbocycles. The van der Waals surface area contributed by atoms with E-state index in [-0.39, 0.29) is 5.97 Å². The number of aromatic amines is 1. The number of esters is 1. The molecule has 0 bridgehead atoms. The van der Waals surface area contributed by atoms with Crippen molar-refractivity contribution in [2.24, 2.45) is 0 Å². The maximum Gasteiger partial charge on any atom is 0.317 e. The van der Waals surface area contributed by atoms with E-state index in [1.54, 1.807) is 0 Å². The van der Waals surface area contributed by atoms with E-state index in [4.69, 9.17) is 4.74 Å². The van der Waals surface area contributed by atoms with Crippen LogP contribution in [-0.2, 0) is 14.9 Å². The lowest BCUT2D eigenvalue weighted by atomic mass is 10.0. The predicted molar refractivity (Wildman–Crippen MR) is 67.0 cm³/mol. The van der Waals surface area contributed by atoms with Gasteiger partial charge in [-0.05, 0) is 18.9 Å². The molecule has 1 N–H and O–H groups in total. The maximum absolute atomic E-state index is 11.8. The smallest absolute Gasteiger partial charge is 0.317 e. The molecule has 1 saturated carbocycles. The van der Waals surface area contributed by atoms with Crippen molar-refractivity contribution < 1.29 is 9.53 Å². The zero-order valence-corrected chi connectivity index (χ0v) is 10.1. The summed E-state index contributed by atoms with van der Waals surface area (Å²) in [6.07, 6.45) is 1.66. The summed E-state index contributed by atoms with van der Waals surface area (Å²) in [6, 6.07) is 11.8. The number of nitrogens with one attached hydrogen (secondary N) is 1. The number of hydrogen-bond acceptors (Lipinski definition) is 3. The SMILES string of the molecule is COC(=O)C1(c2cc(-c3ccccc3)n[nH]2)CC1. The van der Waals surface area contributed by atoms with Gasteiger partial charge in [-0.1, -0.05) is 30.3 Å². The normalized spacial score (nSPS) is 16.3. The van der Waals surface area contributed by atoms with Crippen LogP contribution in [0.25, 0.3) is 11.3 Å². The Morgan fingerprint density at radius 3 is 2.67 bits per heavy atom. The Hall–Kier alpha value is -2.10. The minimum atomic E-state index is -0.477. The summed E-state index contributed by atoms with van der Waals surface area (Å²) in [5.74, 6) is -0.175. The van der Waals surface area contributed by atoms with Crippen molar-refractivity contribution >= 4 is 5.97 Å². The van der Waals surface area contributed by atoms with E-state index >= 15 is 0 Å². The average Bonchev–Trinajstić information content (AvgIpc) is 3.09. The van der Waals surface area contributed by atoms with Gasteiger partial charge in [0, 0.05) is 5.56 Å². The standard InChI is InChI=1S/C14H14N2O2/c1-18-13(17)14(7-8-14)12-9-11(15-16-12)10-5-3-2-4-6-10/h2-6,9H,7-8H2,1H3,(H,15,16). The maximum atomic E-state index is 11.8. The highest BCUT2D eigenvalue weighted by atomic mass is 16.5. The third-order valence-corrected chi connectivity index (χ3v) is 3.49. The monoisotopic (exact) mass is 242 g/mol. The largest absolute Gasteiger partial charge is 0.468 e. The number of H-pyrrole nitrogens is 1. The second-order valence-electron chi connectivity index (χ2n) is 4.61. The lowest BCUT2D eigenvalue weighted by molar-refractivity contribution is -0.143. The summed E-state index contributed by atoms with van der Waals surface area (Å²) in [5, 5.41) is 7.25. The van der Waals surface area contributed by atoms with E-state index in [2.05, 4.69) is 10.2 Å². The molecule has 1 aliphatic rings. The number of hydrogen-bond donors (Lipinski definition) is 1. The minimum absolute atomic E-state index is 0.175. The van der Waals surface area contributed by atoms with Crippen molar-refractivity contribution in [2.45, 2.75) is 18.3 Å². The molecule has 1 aromatic heterocycles. The van der Waals surface area contributed by atoms with Gasteiger partial charge in [-0.3, -0.25) is 9.89 Å². The van der Waals surface area contributed by atoms with Crippen LogP contribution in [0.2, 0.25) is 0 Å². The molecule has 4 nitrogen and oxygen atoms in total. The second kappa shape index (κ2) is 3.98. The van der Waals surface area contributed by atoms with Crippen molar-refractivity contribution in [3.05, 3.63) is 42.1 Å². The molecular weight excluding hydrogens is 228 g/mol. The summed E-state index contributed by atoms with van der Waals surface area (Å²) in [7, 11) is 1.43. The Bertz CT molecular complexity index is 570. The van der Waals surface area contributed by atoms with E-state index in [9.17, 15) is 4.79 Å². The molecule has 2 aromatic rings. The Morgan fingerprint density at radius 1 is 1.33 bits per heavy atom. The van der Waals surface area contributed by atoms with Gasteiger partial charge in [0.2, 0.25) is 0 Å². The van der Waals surface area contributed by atoms with E-state index in [1.807, 2.05) is 36.4 Å². The molecule has 0 spiro atoms. The summed E-state index contributed by atoms with van der Waals surface area (Å²) in [4.78, 5) is 11.8. The zero-order chi connectivity index (χ0) is 12.6. The fourth-order valence-corrected chi connectivity index (χ4v) is 2.23. The first-order valence-electron chi connectivity index (χ1n) is 5.96. The predicted octanol–water partition coefficient (Wildman–Crippen LogP) is 2.28. The second-order valence-corrected chi connectivity index (χ2v) is 4.61. The van der Waals surface area contributed by atoms with Crippen LogP contribution in [0.4, 0.5) is 0 Å². The van der Waals surface area contributed by atoms with Crippen LogP contribution in [0.1, 0.15) is 18.5 Å². The third kappa shape index (κ3) is 1.61. The summed E-state index contributed by atoms with van der Waals surface area (Å²) in [5.41, 5.74) is 2.28. The fraction of sp³-hybridized carbons (Fsp3) is 0.286. The van der Waals surface area contributed by atoms with Crippen LogP contribution in [0, 0.1) is 0 Å². The van der Waals surface area contributed by atoms with Crippen LogP contribution in [0.3, 0.4) is 0 Å². The first-order valence-corrected chi connectivity index (χ1v) is 5.96. The highest BCUT2D eigenvalue weighted by Crippen LogP contribution is 2.48. The molecule has 4 heteroatoms. The number of benzene rings is 1. The lowest BCUT2D eigenvalue weighted by Crippen LogP contribution is -2.22. The Labute approximate surface area is 105 Å². The highest BCUT2D eigenvalue weighted by molar-refractivity contribution is 5.86. The Kier molecular flexibility index (Phi) is 2.44. The molecule has 92 valence electrons. The van der Waals surface area contributed by atoms with Crippen LogP contribution >= 0.6 is 0 Å². The molecule has 1 aromatic carbocycles. The van der Waals surface area contributed by atoms with Gasteiger partial charge >= 0.3 is 5.97 Å². The third-order valence-electron chi connectivity index (χ3n) is 3.49. The van der Waals surface area contributed by atoms with Crippen LogP contribution in [-0.4, -0.2) is 23.3 Å². The average molecular weight is 242 g/mol. The number of nitrogens with zero attached hydrogens (tertiary/aromatic N) is 1. The molecule has 0 amide bonds. The number of ether oxygens (including phenoxy) is 1. The number of carbonyl (C=O) groups excluding carboxylic acids is 1. The molecule has 3 rings (SSSR count). The molecule has 0 aliphatic heterocycles. The molecule has 0 atom stereocenters. The van der Waals surface area contributed by atoms with Crippen LogP contribution in [0.15, 0.2) is 36.4 Å². The van der Waals surface area contributed by atoms with Gasteiger partial charge in [-0.15, -0.1) is 0 Å². The van der Waals surface area contributed by atoms with Gasteiger partial charge in [0.25, 0.3) is 0 Å². The molecule has 0 saturated heterocycles. The van der Waals surface area contributed by atoms with E-state index in [0.29, 0.717) is 0 Å². The molecule has 1 heterocycles. The van der Waals surface area contributed by atoms with Crippen molar-refractivity contribution in [2.75, 3.05) is 7.11 Å². The topological polar surface area (TPSA) is 55.0 Å². The van der Waals surface area contributed by atoms with Gasteiger partial charge < -0.3 is 4.74 Å². The number of methoxy groups -OCH3 is 1. The summed E-state index contributed by atoms with van der Waals surface area (Å²) < 4.78 is 4.86. The minimum Gasteiger partial charge on any atom is -0.468 e. The number of aromatic nitrogens is 2.